The van der Waals surface area contributed by atoms with Crippen molar-refractivity contribution < 1.29 is 0 Å². The third-order valence-corrected chi connectivity index (χ3v) is 17.5. The first-order valence-electron chi connectivity index (χ1n) is 23.2. The van der Waals surface area contributed by atoms with Crippen LogP contribution in [0.2, 0.25) is 0 Å². The number of benzene rings is 7. The Labute approximate surface area is 355 Å². The summed E-state index contributed by atoms with van der Waals surface area (Å²) in [4.78, 5) is 2.69. The Bertz CT molecular complexity index is 2840. The van der Waals surface area contributed by atoms with Crippen LogP contribution in [0.3, 0.4) is 0 Å². The monoisotopic (exact) mass is 773 g/mol. The Morgan fingerprint density at radius 2 is 0.967 bits per heavy atom. The fourth-order valence-electron chi connectivity index (χ4n) is 15.7. The molecule has 8 aliphatic carbocycles. The molecule has 1 heteroatoms. The highest BCUT2D eigenvalue weighted by Gasteiger charge is 2.62. The highest BCUT2D eigenvalue weighted by atomic mass is 15.1. The van der Waals surface area contributed by atoms with Crippen molar-refractivity contribution in [2.45, 2.75) is 68.6 Å². The fourth-order valence-corrected chi connectivity index (χ4v) is 15.7. The van der Waals surface area contributed by atoms with Crippen LogP contribution in [0.25, 0.3) is 44.5 Å². The van der Waals surface area contributed by atoms with Crippen molar-refractivity contribution in [1.29, 1.82) is 0 Å². The van der Waals surface area contributed by atoms with Gasteiger partial charge in [0, 0.05) is 27.8 Å². The minimum atomic E-state index is 0.110. The number of fused-ring (bicyclic) bond motifs is 11. The largest absolute Gasteiger partial charge is 0.310 e. The Morgan fingerprint density at radius 1 is 0.383 bits per heavy atom. The molecular weight excluding hydrogens is 723 g/mol. The van der Waals surface area contributed by atoms with Crippen molar-refractivity contribution in [2.75, 3.05) is 4.90 Å². The maximum Gasteiger partial charge on any atom is 0.0543 e. The first-order chi connectivity index (χ1) is 29.7. The molecule has 0 aliphatic heterocycles. The summed E-state index contributed by atoms with van der Waals surface area (Å²) in [5, 5.41) is 0. The van der Waals surface area contributed by atoms with Crippen LogP contribution in [0, 0.1) is 35.5 Å². The summed E-state index contributed by atoms with van der Waals surface area (Å²) in [6.45, 7) is 0. The molecule has 6 bridgehead atoms. The molecule has 0 radical (unpaired) electrons. The van der Waals surface area contributed by atoms with Crippen LogP contribution in [-0.4, -0.2) is 0 Å². The summed E-state index contributed by atoms with van der Waals surface area (Å²) < 4.78 is 0. The summed E-state index contributed by atoms with van der Waals surface area (Å²) in [5.41, 5.74) is 21.4. The molecule has 7 aromatic rings. The standard InChI is InChI=1S/C59H51N/c1-3-12-40(13-4-1)47-26-24-45(34-51(47)41-14-5-2-6-15-41)60(46-25-27-49-48-16-7-9-18-52(48)58(55(49)35-46)36-37-22-23-42(58)29-37)56-21-11-20-54-57(56)50-17-8-10-19-53(50)59(54)43-30-38-28-39(32-43)33-44(59)31-38/h1-21,24-27,34-35,37-39,42-44H,22-23,28-33,36H2. The zero-order valence-electron chi connectivity index (χ0n) is 34.4. The van der Waals surface area contributed by atoms with E-state index in [0.717, 1.165) is 29.6 Å². The smallest absolute Gasteiger partial charge is 0.0543 e. The summed E-state index contributed by atoms with van der Waals surface area (Å²) >= 11 is 0. The van der Waals surface area contributed by atoms with Crippen molar-refractivity contribution in [3.8, 4) is 44.5 Å². The van der Waals surface area contributed by atoms with Crippen molar-refractivity contribution in [3.05, 3.63) is 186 Å². The first kappa shape index (κ1) is 34.1. The molecule has 8 aliphatic rings. The molecule has 6 saturated carbocycles. The molecule has 15 rings (SSSR count). The molecule has 0 heterocycles. The van der Waals surface area contributed by atoms with Crippen LogP contribution in [0.15, 0.2) is 164 Å². The molecule has 2 spiro atoms. The minimum absolute atomic E-state index is 0.110. The van der Waals surface area contributed by atoms with E-state index in [1.807, 2.05) is 0 Å². The molecule has 0 aromatic heterocycles. The second kappa shape index (κ2) is 12.4. The van der Waals surface area contributed by atoms with Gasteiger partial charge in [0.1, 0.15) is 0 Å². The normalized spacial score (nSPS) is 29.2. The lowest BCUT2D eigenvalue weighted by Crippen LogP contribution is -2.55. The molecule has 3 unspecified atom stereocenters. The number of rotatable bonds is 5. The molecule has 7 aromatic carbocycles. The van der Waals surface area contributed by atoms with E-state index >= 15 is 0 Å². The molecule has 0 N–H and O–H groups in total. The van der Waals surface area contributed by atoms with Crippen LogP contribution in [0.4, 0.5) is 17.1 Å². The van der Waals surface area contributed by atoms with E-state index in [4.69, 9.17) is 0 Å². The maximum absolute atomic E-state index is 2.69. The maximum atomic E-state index is 2.69. The molecule has 0 amide bonds. The van der Waals surface area contributed by atoms with Crippen LogP contribution in [0.1, 0.15) is 80.0 Å². The fraction of sp³-hybridized carbons (Fsp3) is 0.288. The average Bonchev–Trinajstić information content (AvgIpc) is 4.06. The lowest BCUT2D eigenvalue weighted by atomic mass is 9.43. The lowest BCUT2D eigenvalue weighted by molar-refractivity contribution is -0.0399. The minimum Gasteiger partial charge on any atom is -0.310 e. The predicted molar refractivity (Wildman–Crippen MR) is 247 cm³/mol. The van der Waals surface area contributed by atoms with E-state index in [9.17, 15) is 0 Å². The van der Waals surface area contributed by atoms with Gasteiger partial charge in [-0.25, -0.2) is 0 Å². The van der Waals surface area contributed by atoms with Crippen molar-refractivity contribution in [3.63, 3.8) is 0 Å². The number of hydrogen-bond donors (Lipinski definition) is 0. The van der Waals surface area contributed by atoms with Gasteiger partial charge in [-0.15, -0.1) is 0 Å². The highest BCUT2D eigenvalue weighted by molar-refractivity contribution is 5.98. The Hall–Kier alpha value is -5.66. The van der Waals surface area contributed by atoms with Gasteiger partial charge < -0.3 is 4.90 Å². The van der Waals surface area contributed by atoms with Gasteiger partial charge in [-0.05, 0) is 178 Å². The lowest BCUT2D eigenvalue weighted by Gasteiger charge is -2.61. The van der Waals surface area contributed by atoms with Gasteiger partial charge in [-0.1, -0.05) is 140 Å². The second-order valence-electron chi connectivity index (χ2n) is 20.0. The molecule has 60 heavy (non-hydrogen) atoms. The van der Waals surface area contributed by atoms with Gasteiger partial charge in [0.15, 0.2) is 0 Å². The SMILES string of the molecule is c1ccc(-c2ccc(N(c3ccc4c(c3)C3(CC5CCC3C5)c3ccccc3-4)c3cccc4c3-c3ccccc3C43C4CC5CC(C4)CC3C5)cc2-c2ccccc2)cc1. The number of anilines is 3. The van der Waals surface area contributed by atoms with E-state index in [1.165, 1.54) is 119 Å². The third kappa shape index (κ3) is 4.44. The first-order valence-corrected chi connectivity index (χ1v) is 23.2. The molecule has 0 saturated heterocycles. The van der Waals surface area contributed by atoms with Crippen LogP contribution < -0.4 is 4.90 Å². The van der Waals surface area contributed by atoms with Crippen molar-refractivity contribution in [1.82, 2.24) is 0 Å². The zero-order valence-corrected chi connectivity index (χ0v) is 34.4. The number of hydrogen-bond acceptors (Lipinski definition) is 1. The van der Waals surface area contributed by atoms with Crippen molar-refractivity contribution >= 4 is 17.1 Å². The van der Waals surface area contributed by atoms with E-state index in [-0.39, 0.29) is 10.8 Å². The third-order valence-electron chi connectivity index (χ3n) is 17.5. The van der Waals surface area contributed by atoms with E-state index in [0.29, 0.717) is 5.92 Å². The van der Waals surface area contributed by atoms with Gasteiger partial charge >= 0.3 is 0 Å². The Balaban J connectivity index is 1.03. The zero-order chi connectivity index (χ0) is 39.2. The van der Waals surface area contributed by atoms with Crippen LogP contribution in [0.5, 0.6) is 0 Å². The number of nitrogens with zero attached hydrogens (tertiary/aromatic N) is 1. The summed E-state index contributed by atoms with van der Waals surface area (Å²) in [6, 6.07) is 63.6. The van der Waals surface area contributed by atoms with E-state index in [1.54, 1.807) is 22.3 Å². The average molecular weight is 774 g/mol. The van der Waals surface area contributed by atoms with Gasteiger partial charge in [0.05, 0.1) is 5.69 Å². The van der Waals surface area contributed by atoms with Crippen molar-refractivity contribution in [2.24, 2.45) is 35.5 Å². The summed E-state index contributed by atoms with van der Waals surface area (Å²) in [7, 11) is 0. The predicted octanol–water partition coefficient (Wildman–Crippen LogP) is 15.3. The quantitative estimate of drug-likeness (QED) is 0.168. The molecule has 3 atom stereocenters. The van der Waals surface area contributed by atoms with E-state index < -0.39 is 0 Å². The van der Waals surface area contributed by atoms with Gasteiger partial charge in [-0.2, -0.15) is 0 Å². The molecule has 292 valence electrons. The van der Waals surface area contributed by atoms with Gasteiger partial charge in [-0.3, -0.25) is 0 Å². The Kier molecular flexibility index (Phi) is 7.07. The molecule has 6 fully saturated rings. The molecular formula is C59H51N. The summed E-state index contributed by atoms with van der Waals surface area (Å²) in [5.74, 6) is 4.84. The topological polar surface area (TPSA) is 3.24 Å². The highest BCUT2D eigenvalue weighted by Crippen LogP contribution is 2.71. The Morgan fingerprint density at radius 3 is 1.67 bits per heavy atom. The van der Waals surface area contributed by atoms with Gasteiger partial charge in [0.2, 0.25) is 0 Å². The van der Waals surface area contributed by atoms with Crippen LogP contribution >= 0.6 is 0 Å². The van der Waals surface area contributed by atoms with E-state index in [2.05, 4.69) is 169 Å². The molecule has 1 nitrogen and oxygen atoms in total. The second-order valence-corrected chi connectivity index (χ2v) is 20.0. The van der Waals surface area contributed by atoms with Gasteiger partial charge in [0.25, 0.3) is 0 Å². The summed E-state index contributed by atoms with van der Waals surface area (Å²) in [6.07, 6.45) is 12.5. The van der Waals surface area contributed by atoms with Crippen LogP contribution in [-0.2, 0) is 10.8 Å².